The van der Waals surface area contributed by atoms with Crippen LogP contribution in [0.25, 0.3) is 22.0 Å². The van der Waals surface area contributed by atoms with Crippen molar-refractivity contribution in [3.05, 3.63) is 53.0 Å². The number of amides is 1. The summed E-state index contributed by atoms with van der Waals surface area (Å²) in [6.45, 7) is 5.40. The summed E-state index contributed by atoms with van der Waals surface area (Å²) in [5.74, 6) is 0.475. The highest BCUT2D eigenvalue weighted by Crippen LogP contribution is 2.29. The van der Waals surface area contributed by atoms with Gasteiger partial charge in [-0.25, -0.2) is 4.98 Å². The zero-order valence-electron chi connectivity index (χ0n) is 14.1. The van der Waals surface area contributed by atoms with Crippen LogP contribution in [0.2, 0.25) is 0 Å². The van der Waals surface area contributed by atoms with Gasteiger partial charge in [0.25, 0.3) is 0 Å². The monoisotopic (exact) mass is 335 g/mol. The Bertz CT molecular complexity index is 969. The highest BCUT2D eigenvalue weighted by atomic mass is 16.3. The molecule has 0 spiro atoms. The lowest BCUT2D eigenvalue weighted by Crippen LogP contribution is -2.15. The van der Waals surface area contributed by atoms with Gasteiger partial charge in [0.2, 0.25) is 6.41 Å². The van der Waals surface area contributed by atoms with Gasteiger partial charge in [0, 0.05) is 34.9 Å². The van der Waals surface area contributed by atoms with Gasteiger partial charge in [0.1, 0.15) is 11.4 Å². The molecule has 0 aliphatic rings. The summed E-state index contributed by atoms with van der Waals surface area (Å²) in [5.41, 5.74) is 2.35. The molecule has 0 saturated carbocycles. The number of aromatic nitrogens is 3. The lowest BCUT2D eigenvalue weighted by Gasteiger charge is -2.16. The SMILES string of the molecule is Cc1cc(C(C)(C)N=O)ncc1-c1cc2cnc(NC=O)cc2cn1. The van der Waals surface area contributed by atoms with Crippen LogP contribution in [-0.2, 0) is 10.3 Å². The van der Waals surface area contributed by atoms with Crippen LogP contribution in [0.4, 0.5) is 5.82 Å². The third kappa shape index (κ3) is 3.21. The number of rotatable bonds is 5. The van der Waals surface area contributed by atoms with Crippen molar-refractivity contribution in [2.24, 2.45) is 5.18 Å². The summed E-state index contributed by atoms with van der Waals surface area (Å²) < 4.78 is 0. The molecule has 25 heavy (non-hydrogen) atoms. The number of carbonyl (C=O) groups is 1. The number of nitrogens with zero attached hydrogens (tertiary/aromatic N) is 4. The molecule has 7 nitrogen and oxygen atoms in total. The highest BCUT2D eigenvalue weighted by Gasteiger charge is 2.23. The topological polar surface area (TPSA) is 97.2 Å². The molecule has 0 atom stereocenters. The van der Waals surface area contributed by atoms with E-state index in [1.165, 1.54) is 0 Å². The molecule has 1 amide bonds. The average Bonchev–Trinajstić information content (AvgIpc) is 2.61. The third-order valence-electron chi connectivity index (χ3n) is 4.05. The number of fused-ring (bicyclic) bond motifs is 1. The first-order chi connectivity index (χ1) is 11.9. The van der Waals surface area contributed by atoms with Gasteiger partial charge in [-0.2, -0.15) is 0 Å². The van der Waals surface area contributed by atoms with Crippen LogP contribution in [-0.4, -0.2) is 21.4 Å². The van der Waals surface area contributed by atoms with E-state index >= 15 is 0 Å². The molecule has 0 radical (unpaired) electrons. The molecule has 0 bridgehead atoms. The Balaban J connectivity index is 2.03. The Morgan fingerprint density at radius 1 is 1.04 bits per heavy atom. The number of aryl methyl sites for hydroxylation is 1. The van der Waals surface area contributed by atoms with Crippen LogP contribution in [0.1, 0.15) is 25.1 Å². The Labute approximate surface area is 144 Å². The van der Waals surface area contributed by atoms with E-state index in [9.17, 15) is 9.70 Å². The van der Waals surface area contributed by atoms with Crippen molar-refractivity contribution in [1.29, 1.82) is 0 Å². The normalized spacial score (nSPS) is 11.3. The molecular formula is C18H17N5O2. The number of nitrogens with one attached hydrogen (secondary N) is 1. The fourth-order valence-electron chi connectivity index (χ4n) is 2.53. The van der Waals surface area contributed by atoms with Gasteiger partial charge in [-0.1, -0.05) is 5.18 Å². The van der Waals surface area contributed by atoms with Gasteiger partial charge < -0.3 is 5.32 Å². The molecule has 7 heteroatoms. The van der Waals surface area contributed by atoms with Crippen molar-refractivity contribution in [2.75, 3.05) is 5.32 Å². The molecule has 3 heterocycles. The maximum Gasteiger partial charge on any atom is 0.212 e. The second kappa shape index (κ2) is 6.35. The molecule has 3 rings (SSSR count). The van der Waals surface area contributed by atoms with Gasteiger partial charge in [-0.05, 0) is 44.5 Å². The Morgan fingerprint density at radius 2 is 1.76 bits per heavy atom. The molecule has 3 aromatic heterocycles. The van der Waals surface area contributed by atoms with Crippen molar-refractivity contribution in [3.8, 4) is 11.3 Å². The van der Waals surface area contributed by atoms with Crippen LogP contribution in [0.3, 0.4) is 0 Å². The Hall–Kier alpha value is -3.22. The number of hydrogen-bond acceptors (Lipinski definition) is 6. The molecule has 0 saturated heterocycles. The fourth-order valence-corrected chi connectivity index (χ4v) is 2.53. The molecule has 3 aromatic rings. The second-order valence-electron chi connectivity index (χ2n) is 6.28. The lowest BCUT2D eigenvalue weighted by molar-refractivity contribution is -0.105. The van der Waals surface area contributed by atoms with Gasteiger partial charge in [-0.15, -0.1) is 4.91 Å². The summed E-state index contributed by atoms with van der Waals surface area (Å²) in [5, 5.41) is 7.42. The summed E-state index contributed by atoms with van der Waals surface area (Å²) in [6.07, 6.45) is 5.71. The first kappa shape index (κ1) is 16.6. The van der Waals surface area contributed by atoms with Gasteiger partial charge in [-0.3, -0.25) is 14.8 Å². The van der Waals surface area contributed by atoms with Crippen molar-refractivity contribution >= 4 is 23.0 Å². The minimum atomic E-state index is -0.869. The van der Waals surface area contributed by atoms with E-state index in [-0.39, 0.29) is 0 Å². The lowest BCUT2D eigenvalue weighted by atomic mass is 9.97. The number of hydrogen-bond donors (Lipinski definition) is 1. The highest BCUT2D eigenvalue weighted by molar-refractivity contribution is 5.87. The molecule has 0 aliphatic carbocycles. The molecule has 0 aliphatic heterocycles. The number of nitroso groups, excluding NO2 is 1. The molecule has 0 unspecified atom stereocenters. The molecular weight excluding hydrogens is 318 g/mol. The van der Waals surface area contributed by atoms with E-state index in [2.05, 4.69) is 25.4 Å². The molecule has 1 N–H and O–H groups in total. The van der Waals surface area contributed by atoms with Crippen LogP contribution in [0.15, 0.2) is 42.0 Å². The smallest absolute Gasteiger partial charge is 0.212 e. The standard InChI is InChI=1S/C18H17N5O2/c1-11-4-16(18(2,3)23-25)20-9-14(11)15-5-12-8-21-17(22-10-24)6-13(12)7-19-15/h4-10H,1-3H3,(H,21,22,24). The van der Waals surface area contributed by atoms with Gasteiger partial charge in [0.15, 0.2) is 0 Å². The molecule has 0 aromatic carbocycles. The Morgan fingerprint density at radius 3 is 2.44 bits per heavy atom. The van der Waals surface area contributed by atoms with Crippen LogP contribution < -0.4 is 5.32 Å². The zero-order chi connectivity index (χ0) is 18.0. The van der Waals surface area contributed by atoms with Crippen LogP contribution in [0, 0.1) is 11.8 Å². The van der Waals surface area contributed by atoms with E-state index in [0.717, 1.165) is 27.6 Å². The predicted molar refractivity (Wildman–Crippen MR) is 96.0 cm³/mol. The van der Waals surface area contributed by atoms with E-state index in [1.54, 1.807) is 38.5 Å². The van der Waals surface area contributed by atoms with Crippen LogP contribution >= 0.6 is 0 Å². The van der Waals surface area contributed by atoms with E-state index in [0.29, 0.717) is 17.9 Å². The number of pyridine rings is 3. The van der Waals surface area contributed by atoms with Crippen molar-refractivity contribution in [1.82, 2.24) is 15.0 Å². The summed E-state index contributed by atoms with van der Waals surface area (Å²) in [7, 11) is 0. The first-order valence-electron chi connectivity index (χ1n) is 7.72. The van der Waals surface area contributed by atoms with Crippen molar-refractivity contribution in [2.45, 2.75) is 26.3 Å². The number of carbonyl (C=O) groups excluding carboxylic acids is 1. The van der Waals surface area contributed by atoms with Crippen LogP contribution in [0.5, 0.6) is 0 Å². The molecule has 0 fully saturated rings. The van der Waals surface area contributed by atoms with E-state index in [4.69, 9.17) is 0 Å². The van der Waals surface area contributed by atoms with Crippen molar-refractivity contribution in [3.63, 3.8) is 0 Å². The third-order valence-corrected chi connectivity index (χ3v) is 4.05. The maximum absolute atomic E-state index is 11.0. The maximum atomic E-state index is 11.0. The first-order valence-corrected chi connectivity index (χ1v) is 7.72. The summed E-state index contributed by atoms with van der Waals surface area (Å²) in [4.78, 5) is 34.5. The quantitative estimate of drug-likeness (QED) is 0.568. The second-order valence-corrected chi connectivity index (χ2v) is 6.28. The zero-order valence-corrected chi connectivity index (χ0v) is 14.1. The fraction of sp³-hybridized carbons (Fsp3) is 0.222. The largest absolute Gasteiger partial charge is 0.313 e. The predicted octanol–water partition coefficient (Wildman–Crippen LogP) is 3.57. The average molecular weight is 335 g/mol. The van der Waals surface area contributed by atoms with E-state index < -0.39 is 5.54 Å². The number of anilines is 1. The van der Waals surface area contributed by atoms with Gasteiger partial charge >= 0.3 is 0 Å². The minimum Gasteiger partial charge on any atom is -0.313 e. The molecule has 126 valence electrons. The summed E-state index contributed by atoms with van der Waals surface area (Å²) >= 11 is 0. The summed E-state index contributed by atoms with van der Waals surface area (Å²) in [6, 6.07) is 5.53. The van der Waals surface area contributed by atoms with E-state index in [1.807, 2.05) is 19.1 Å². The van der Waals surface area contributed by atoms with Crippen molar-refractivity contribution < 1.29 is 4.79 Å². The minimum absolute atomic E-state index is 0.475. The Kier molecular flexibility index (Phi) is 4.22. The van der Waals surface area contributed by atoms with Gasteiger partial charge in [0.05, 0.1) is 11.4 Å².